The van der Waals surface area contributed by atoms with Gasteiger partial charge < -0.3 is 17.3 Å². The Bertz CT molecular complexity index is 131. The molecule has 0 aliphatic heterocycles. The van der Waals surface area contributed by atoms with Gasteiger partial charge in [0.05, 0.1) is 6.29 Å². The normalized spacial score (nSPS) is 10.4. The summed E-state index contributed by atoms with van der Waals surface area (Å²) in [6.45, 7) is 1.37. The first-order valence-electron chi connectivity index (χ1n) is 2.48. The third-order valence-electron chi connectivity index (χ3n) is 0.709. The Labute approximate surface area is 93.2 Å². The first kappa shape index (κ1) is 17.7. The van der Waals surface area contributed by atoms with Crippen LogP contribution in [0, 0.1) is 7.43 Å². The average molecular weight is 255 g/mol. The predicted molar refractivity (Wildman–Crippen MR) is 41.1 cm³/mol. The van der Waals surface area contributed by atoms with Crippen LogP contribution in [-0.2, 0) is 46.6 Å². The molecule has 0 fully saturated rings. The molecule has 0 saturated carbocycles. The van der Waals surface area contributed by atoms with Crippen LogP contribution < -0.4 is 5.32 Å². The minimum atomic E-state index is -2.01. The molecule has 0 saturated heterocycles. The summed E-state index contributed by atoms with van der Waals surface area (Å²) >= 11 is 0. The number of nitrogens with one attached hydrogen (secondary N) is 1. The first-order valence-corrected chi connectivity index (χ1v) is 4.00. The van der Waals surface area contributed by atoms with Crippen molar-refractivity contribution in [2.24, 2.45) is 0 Å². The topological polar surface area (TPSA) is 55.4 Å². The van der Waals surface area contributed by atoms with Gasteiger partial charge in [0.2, 0.25) is 13.9 Å². The molecule has 11 heavy (non-hydrogen) atoms. The summed E-state index contributed by atoms with van der Waals surface area (Å²) in [4.78, 5) is 10.2. The molecule has 0 heterocycles. The van der Waals surface area contributed by atoms with E-state index in [-0.39, 0.29) is 52.3 Å². The van der Waals surface area contributed by atoms with Crippen molar-refractivity contribution in [2.75, 3.05) is 13.4 Å². The Morgan fingerprint density at radius 3 is 2.36 bits per heavy atom. The minimum Gasteiger partial charge on any atom is -0.358 e. The van der Waals surface area contributed by atoms with Crippen molar-refractivity contribution in [3.05, 3.63) is 7.43 Å². The molecule has 65 valence electrons. The summed E-state index contributed by atoms with van der Waals surface area (Å²) in [7, 11) is -0.656. The van der Waals surface area contributed by atoms with E-state index < -0.39 is 8.03 Å². The van der Waals surface area contributed by atoms with Gasteiger partial charge in [-0.1, -0.05) is 0 Å². The summed E-state index contributed by atoms with van der Waals surface area (Å²) in [6, 6.07) is 0. The van der Waals surface area contributed by atoms with Gasteiger partial charge in [0, 0.05) is 46.7 Å². The molecule has 0 spiro atoms. The van der Waals surface area contributed by atoms with E-state index in [4.69, 9.17) is 0 Å². The van der Waals surface area contributed by atoms with Crippen molar-refractivity contribution in [1.29, 1.82) is 0 Å². The molecular weight excluding hydrogens is 242 g/mol. The molecule has 1 unspecified atom stereocenters. The zero-order chi connectivity index (χ0) is 7.28. The molecule has 1 radical (unpaired) electrons. The fourth-order valence-electron chi connectivity index (χ4n) is 0.269. The van der Waals surface area contributed by atoms with Gasteiger partial charge in [-0.15, -0.1) is 0 Å². The molecule has 6 heteroatoms. The summed E-state index contributed by atoms with van der Waals surface area (Å²) < 4.78 is 14.9. The smallest absolute Gasteiger partial charge is 0.217 e. The van der Waals surface area contributed by atoms with E-state index in [1.165, 1.54) is 14.0 Å². The molecule has 0 bridgehead atoms. The van der Waals surface area contributed by atoms with E-state index in [2.05, 4.69) is 9.84 Å². The quantitative estimate of drug-likeness (QED) is 0.595. The molecule has 0 rings (SSSR count). The molecule has 1 atom stereocenters. The molecule has 0 aromatic carbocycles. The van der Waals surface area contributed by atoms with Crippen LogP contribution in [0.25, 0.3) is 0 Å². The van der Waals surface area contributed by atoms with Crippen LogP contribution in [0.5, 0.6) is 0 Å². The molecule has 4 nitrogen and oxygen atoms in total. The Morgan fingerprint density at radius 2 is 2.09 bits per heavy atom. The molecule has 0 aliphatic carbocycles. The molecule has 0 aromatic heterocycles. The van der Waals surface area contributed by atoms with Gasteiger partial charge >= 0.3 is 0 Å². The second-order valence-corrected chi connectivity index (χ2v) is 2.99. The van der Waals surface area contributed by atoms with Crippen LogP contribution in [0.2, 0.25) is 0 Å². The first-order chi connectivity index (χ1) is 4.16. The summed E-state index contributed by atoms with van der Waals surface area (Å²) in [5.74, 6) is -0.189. The van der Waals surface area contributed by atoms with Crippen molar-refractivity contribution in [2.45, 2.75) is 6.92 Å². The molecule has 1 N–H and O–H groups in total. The van der Waals surface area contributed by atoms with Crippen molar-refractivity contribution in [1.82, 2.24) is 5.32 Å². The fraction of sp³-hybridized carbons (Fsp3) is 0.600. The number of hydrogen-bond acceptors (Lipinski definition) is 3. The number of rotatable bonds is 3. The van der Waals surface area contributed by atoms with E-state index in [0.717, 1.165) is 0 Å². The van der Waals surface area contributed by atoms with Crippen LogP contribution in [0.3, 0.4) is 0 Å². The minimum absolute atomic E-state index is 0. The fourth-order valence-corrected chi connectivity index (χ4v) is 0.806. The third-order valence-corrected chi connectivity index (χ3v) is 1.63. The summed E-state index contributed by atoms with van der Waals surface area (Å²) in [5, 5.41) is 2.37. The van der Waals surface area contributed by atoms with Crippen molar-refractivity contribution in [3.8, 4) is 0 Å². The average Bonchev–Trinajstić information content (AvgIpc) is 1.83. The Hall–Kier alpha value is 0.764. The zero-order valence-corrected chi connectivity index (χ0v) is 10.8. The van der Waals surface area contributed by atoms with Crippen LogP contribution in [0.15, 0.2) is 0 Å². The largest absolute Gasteiger partial charge is 0.358 e. The van der Waals surface area contributed by atoms with Crippen LogP contribution in [0.4, 0.5) is 0 Å². The number of carbonyl (C=O) groups excluding carboxylic acids is 1. The molecular formula is C5H13NO3PY-. The maximum atomic E-state index is 10.5. The van der Waals surface area contributed by atoms with Gasteiger partial charge in [0.1, 0.15) is 0 Å². The third kappa shape index (κ3) is 13.7. The van der Waals surface area contributed by atoms with Crippen molar-refractivity contribution < 1.29 is 46.6 Å². The van der Waals surface area contributed by atoms with Crippen LogP contribution in [-0.4, -0.2) is 19.3 Å². The van der Waals surface area contributed by atoms with Crippen LogP contribution in [0.1, 0.15) is 6.92 Å². The van der Waals surface area contributed by atoms with E-state index in [9.17, 15) is 9.36 Å². The Morgan fingerprint density at radius 1 is 1.64 bits per heavy atom. The molecule has 0 aliphatic rings. The molecule has 1 amide bonds. The maximum Gasteiger partial charge on any atom is 0.217 e. The Balaban J connectivity index is -0.000000320. The number of amides is 1. The zero-order valence-electron chi connectivity index (χ0n) is 7.01. The van der Waals surface area contributed by atoms with Crippen molar-refractivity contribution >= 4 is 13.9 Å². The molecule has 0 aromatic rings. The predicted octanol–water partition coefficient (Wildman–Crippen LogP) is 0.649. The van der Waals surface area contributed by atoms with E-state index >= 15 is 0 Å². The Kier molecular flexibility index (Phi) is 17.4. The van der Waals surface area contributed by atoms with Gasteiger partial charge in [-0.05, 0) is 0 Å². The summed E-state index contributed by atoms with van der Waals surface area (Å²) in [6.07, 6.45) is 0.135. The second kappa shape index (κ2) is 10.8. The van der Waals surface area contributed by atoms with Crippen LogP contribution >= 0.6 is 8.03 Å². The van der Waals surface area contributed by atoms with Crippen molar-refractivity contribution in [3.63, 3.8) is 0 Å². The van der Waals surface area contributed by atoms with Gasteiger partial charge in [0.15, 0.2) is 0 Å². The van der Waals surface area contributed by atoms with Gasteiger partial charge in [0.25, 0.3) is 0 Å². The SMILES string of the molecule is CO[PH](=O)CNC(C)=O.[CH3-].[Y]. The number of hydrogen-bond donors (Lipinski definition) is 1. The number of carbonyl (C=O) groups is 1. The van der Waals surface area contributed by atoms with Gasteiger partial charge in [-0.2, -0.15) is 0 Å². The van der Waals surface area contributed by atoms with E-state index in [1.807, 2.05) is 0 Å². The monoisotopic (exact) mass is 255 g/mol. The van der Waals surface area contributed by atoms with Gasteiger partial charge in [-0.25, -0.2) is 0 Å². The maximum absolute atomic E-state index is 10.5. The second-order valence-electron chi connectivity index (χ2n) is 1.49. The standard InChI is InChI=1S/C4H10NO3P.CH3.Y/c1-4(6)5-3-9(7)8-2;;/h9H,3H2,1-2H3,(H,5,6);1H3;/q;-1;. The van der Waals surface area contributed by atoms with E-state index in [0.29, 0.717) is 0 Å². The van der Waals surface area contributed by atoms with E-state index in [1.54, 1.807) is 0 Å². The summed E-state index contributed by atoms with van der Waals surface area (Å²) in [5.41, 5.74) is 0. The van der Waals surface area contributed by atoms with Gasteiger partial charge in [-0.3, -0.25) is 9.36 Å².